The zero-order valence-corrected chi connectivity index (χ0v) is 10.7. The first-order valence-electron chi connectivity index (χ1n) is 5.96. The summed E-state index contributed by atoms with van der Waals surface area (Å²) in [5.41, 5.74) is -0.916. The van der Waals surface area contributed by atoms with Crippen LogP contribution in [0.4, 0.5) is 17.6 Å². The van der Waals surface area contributed by atoms with Crippen LogP contribution in [0.15, 0.2) is 48.5 Å². The molecule has 0 spiro atoms. The van der Waals surface area contributed by atoms with Gasteiger partial charge in [0.05, 0.1) is 11.1 Å². The van der Waals surface area contributed by atoms with Crippen LogP contribution in [0.1, 0.15) is 21.5 Å². The zero-order valence-electron chi connectivity index (χ0n) is 10.7. The van der Waals surface area contributed by atoms with Crippen molar-refractivity contribution in [3.8, 4) is 0 Å². The summed E-state index contributed by atoms with van der Waals surface area (Å²) in [4.78, 5) is 11.6. The summed E-state index contributed by atoms with van der Waals surface area (Å²) in [5, 5.41) is 0. The molecule has 2 rings (SSSR count). The molecule has 0 saturated heterocycles. The van der Waals surface area contributed by atoms with Crippen LogP contribution in [0.2, 0.25) is 0 Å². The average molecular weight is 298 g/mol. The molecule has 0 atom stereocenters. The molecule has 0 heterocycles. The number of esters is 1. The van der Waals surface area contributed by atoms with Crippen molar-refractivity contribution in [3.63, 3.8) is 0 Å². The van der Waals surface area contributed by atoms with Crippen LogP contribution in [0.3, 0.4) is 0 Å². The van der Waals surface area contributed by atoms with Gasteiger partial charge in [-0.3, -0.25) is 0 Å². The van der Waals surface area contributed by atoms with Crippen LogP contribution in [-0.4, -0.2) is 5.97 Å². The van der Waals surface area contributed by atoms with E-state index in [-0.39, 0.29) is 17.7 Å². The van der Waals surface area contributed by atoms with E-state index in [1.807, 2.05) is 0 Å². The van der Waals surface area contributed by atoms with E-state index in [9.17, 15) is 22.4 Å². The van der Waals surface area contributed by atoms with Gasteiger partial charge in [0.2, 0.25) is 0 Å². The molecule has 0 amide bonds. The van der Waals surface area contributed by atoms with Gasteiger partial charge >= 0.3 is 12.1 Å². The molecule has 110 valence electrons. The minimum Gasteiger partial charge on any atom is -0.457 e. The Balaban J connectivity index is 2.07. The van der Waals surface area contributed by atoms with Gasteiger partial charge in [-0.05, 0) is 29.8 Å². The van der Waals surface area contributed by atoms with Gasteiger partial charge in [0.15, 0.2) is 0 Å². The van der Waals surface area contributed by atoms with Crippen molar-refractivity contribution < 1.29 is 27.1 Å². The third-order valence-corrected chi connectivity index (χ3v) is 2.72. The molecule has 2 aromatic rings. The first kappa shape index (κ1) is 15.0. The van der Waals surface area contributed by atoms with Crippen molar-refractivity contribution in [3.05, 3.63) is 71.0 Å². The Bertz CT molecular complexity index is 650. The number of ether oxygens (including phenoxy) is 1. The second kappa shape index (κ2) is 5.95. The average Bonchev–Trinajstić information content (AvgIpc) is 2.45. The topological polar surface area (TPSA) is 26.3 Å². The summed E-state index contributed by atoms with van der Waals surface area (Å²) >= 11 is 0. The highest BCUT2D eigenvalue weighted by Gasteiger charge is 2.30. The number of benzene rings is 2. The summed E-state index contributed by atoms with van der Waals surface area (Å²) in [6, 6.07) is 9.63. The fourth-order valence-corrected chi connectivity index (χ4v) is 1.69. The summed E-state index contributed by atoms with van der Waals surface area (Å²) in [6.45, 7) is -0.364. The second-order valence-electron chi connectivity index (χ2n) is 4.25. The fraction of sp³-hybridized carbons (Fsp3) is 0.133. The minimum atomic E-state index is -4.47. The molecule has 0 aromatic heterocycles. The SMILES string of the molecule is O=C(OCc1cccc(C(F)(F)F)c1)c1ccccc1F. The normalized spacial score (nSPS) is 11.2. The third kappa shape index (κ3) is 3.81. The van der Waals surface area contributed by atoms with E-state index in [2.05, 4.69) is 0 Å². The van der Waals surface area contributed by atoms with Gasteiger partial charge in [0.25, 0.3) is 0 Å². The van der Waals surface area contributed by atoms with Crippen molar-refractivity contribution >= 4 is 5.97 Å². The van der Waals surface area contributed by atoms with Gasteiger partial charge in [-0.2, -0.15) is 13.2 Å². The molecule has 0 N–H and O–H groups in total. The predicted octanol–water partition coefficient (Wildman–Crippen LogP) is 4.20. The lowest BCUT2D eigenvalue weighted by molar-refractivity contribution is -0.137. The molecule has 0 aliphatic rings. The van der Waals surface area contributed by atoms with Crippen LogP contribution in [0.5, 0.6) is 0 Å². The van der Waals surface area contributed by atoms with Crippen LogP contribution >= 0.6 is 0 Å². The minimum absolute atomic E-state index is 0.175. The van der Waals surface area contributed by atoms with E-state index in [0.717, 1.165) is 18.2 Å². The monoisotopic (exact) mass is 298 g/mol. The molecule has 0 saturated carbocycles. The lowest BCUT2D eigenvalue weighted by Gasteiger charge is -2.09. The standard InChI is InChI=1S/C15H10F4O2/c16-13-7-2-1-6-12(13)14(20)21-9-10-4-3-5-11(8-10)15(17,18)19/h1-8H,9H2. The fourth-order valence-electron chi connectivity index (χ4n) is 1.69. The van der Waals surface area contributed by atoms with Crippen LogP contribution < -0.4 is 0 Å². The Kier molecular flexibility index (Phi) is 4.26. The van der Waals surface area contributed by atoms with Crippen LogP contribution in [0.25, 0.3) is 0 Å². The quantitative estimate of drug-likeness (QED) is 0.627. The number of alkyl halides is 3. The van der Waals surface area contributed by atoms with Gasteiger partial charge < -0.3 is 4.74 Å². The van der Waals surface area contributed by atoms with Gasteiger partial charge in [-0.15, -0.1) is 0 Å². The van der Waals surface area contributed by atoms with Gasteiger partial charge in [0.1, 0.15) is 12.4 Å². The molecule has 0 fully saturated rings. The summed E-state index contributed by atoms with van der Waals surface area (Å²) in [6.07, 6.45) is -4.47. The Morgan fingerprint density at radius 3 is 2.43 bits per heavy atom. The first-order valence-corrected chi connectivity index (χ1v) is 5.96. The van der Waals surface area contributed by atoms with Crippen molar-refractivity contribution in [2.45, 2.75) is 12.8 Å². The number of rotatable bonds is 3. The largest absolute Gasteiger partial charge is 0.457 e. The van der Waals surface area contributed by atoms with E-state index in [0.29, 0.717) is 0 Å². The van der Waals surface area contributed by atoms with Crippen molar-refractivity contribution in [2.24, 2.45) is 0 Å². The third-order valence-electron chi connectivity index (χ3n) is 2.72. The van der Waals surface area contributed by atoms with Crippen LogP contribution in [-0.2, 0) is 17.5 Å². The van der Waals surface area contributed by atoms with E-state index < -0.39 is 23.5 Å². The molecule has 0 radical (unpaired) electrons. The Morgan fingerprint density at radius 1 is 1.05 bits per heavy atom. The molecule has 2 aromatic carbocycles. The molecule has 21 heavy (non-hydrogen) atoms. The van der Waals surface area contributed by atoms with Gasteiger partial charge in [0, 0.05) is 0 Å². The molecular weight excluding hydrogens is 288 g/mol. The lowest BCUT2D eigenvalue weighted by Crippen LogP contribution is -2.09. The van der Waals surface area contributed by atoms with E-state index >= 15 is 0 Å². The highest BCUT2D eigenvalue weighted by atomic mass is 19.4. The molecule has 6 heteroatoms. The van der Waals surface area contributed by atoms with Gasteiger partial charge in [-0.25, -0.2) is 9.18 Å². The Hall–Kier alpha value is -2.37. The Labute approximate surface area is 118 Å². The molecule has 0 unspecified atom stereocenters. The zero-order chi connectivity index (χ0) is 15.5. The van der Waals surface area contributed by atoms with E-state index in [1.165, 1.54) is 30.3 Å². The number of hydrogen-bond acceptors (Lipinski definition) is 2. The molecule has 0 bridgehead atoms. The summed E-state index contributed by atoms with van der Waals surface area (Å²) < 4.78 is 55.7. The first-order chi connectivity index (χ1) is 9.88. The highest BCUT2D eigenvalue weighted by Crippen LogP contribution is 2.29. The van der Waals surface area contributed by atoms with Crippen molar-refractivity contribution in [1.29, 1.82) is 0 Å². The maximum absolute atomic E-state index is 13.3. The summed E-state index contributed by atoms with van der Waals surface area (Å²) in [7, 11) is 0. The number of hydrogen-bond donors (Lipinski definition) is 0. The maximum Gasteiger partial charge on any atom is 0.416 e. The van der Waals surface area contributed by atoms with E-state index in [4.69, 9.17) is 4.74 Å². The van der Waals surface area contributed by atoms with E-state index in [1.54, 1.807) is 0 Å². The smallest absolute Gasteiger partial charge is 0.416 e. The van der Waals surface area contributed by atoms with Crippen molar-refractivity contribution in [1.82, 2.24) is 0 Å². The highest BCUT2D eigenvalue weighted by molar-refractivity contribution is 5.89. The van der Waals surface area contributed by atoms with Gasteiger partial charge in [-0.1, -0.05) is 24.3 Å². The maximum atomic E-state index is 13.3. The number of carbonyl (C=O) groups is 1. The lowest BCUT2D eigenvalue weighted by atomic mass is 10.1. The van der Waals surface area contributed by atoms with Crippen molar-refractivity contribution in [2.75, 3.05) is 0 Å². The molecule has 0 aliphatic heterocycles. The molecule has 2 nitrogen and oxygen atoms in total. The summed E-state index contributed by atoms with van der Waals surface area (Å²) in [5.74, 6) is -1.67. The number of carbonyl (C=O) groups excluding carboxylic acids is 1. The molecule has 0 aliphatic carbocycles. The second-order valence-corrected chi connectivity index (χ2v) is 4.25. The van der Waals surface area contributed by atoms with Crippen LogP contribution in [0, 0.1) is 5.82 Å². The number of halogens is 4. The predicted molar refractivity (Wildman–Crippen MR) is 67.0 cm³/mol. The Morgan fingerprint density at radius 2 is 1.76 bits per heavy atom. The molecular formula is C15H10F4O2.